The third-order valence-electron chi connectivity index (χ3n) is 24.8. The smallest absolute Gasteiger partial charge is 0.0978 e. The Balaban J connectivity index is 0.000000108. The fourth-order valence-electron chi connectivity index (χ4n) is 18.7. The molecule has 26 rings (SSSR count). The molecule has 128 heavy (non-hydrogen) atoms. The fraction of sp³-hybridized carbons (Fsp3) is 0. The second-order valence-electron chi connectivity index (χ2n) is 32.2. The van der Waals surface area contributed by atoms with Crippen LogP contribution >= 0.6 is 0 Å². The van der Waals surface area contributed by atoms with Crippen LogP contribution in [0.25, 0.3) is 253 Å². The van der Waals surface area contributed by atoms with E-state index >= 15 is 0 Å². The minimum Gasteiger partial charge on any atom is -0.256 e. The van der Waals surface area contributed by atoms with Crippen molar-refractivity contribution in [3.05, 3.63) is 431 Å². The maximum atomic E-state index is 5.20. The van der Waals surface area contributed by atoms with E-state index in [-0.39, 0.29) is 0 Å². The summed E-state index contributed by atoms with van der Waals surface area (Å²) in [6, 6.07) is 139. The molecule has 11 aromatic heterocycles. The van der Waals surface area contributed by atoms with Gasteiger partial charge in [0.25, 0.3) is 0 Å². The average molecular weight is 1630 g/mol. The molecule has 0 aliphatic carbocycles. The van der Waals surface area contributed by atoms with Crippen molar-refractivity contribution in [3.8, 4) is 100 Å². The molecular formula is C117H71N11. The highest BCUT2D eigenvalue weighted by molar-refractivity contribution is 6.28. The van der Waals surface area contributed by atoms with Crippen LogP contribution in [0.4, 0.5) is 0 Å². The Morgan fingerprint density at radius 3 is 0.875 bits per heavy atom. The first kappa shape index (κ1) is 74.4. The molecule has 26 aromatic rings. The van der Waals surface area contributed by atoms with Crippen molar-refractivity contribution in [3.63, 3.8) is 0 Å². The number of hydrogen-bond acceptors (Lipinski definition) is 11. The van der Waals surface area contributed by atoms with E-state index in [0.29, 0.717) is 0 Å². The van der Waals surface area contributed by atoms with Gasteiger partial charge in [0.15, 0.2) is 0 Å². The standard InChI is InChI=1S/C44H26N4.C37H23N3.C36H22N4/c1-3-12-32-30(10-1)40(28-19-17-27(18-20-28)36-23-24-38-39(47-36)16-8-25-45-38)31-11-2-4-13-33(31)41(32)42-34-14-5-6-15-37(34)48-44-35(42)22-21-29-9-7-26-46-43(29)44;1-2-11-34-31(10-1)35(32-18-16-26-8-4-21-39-36(26)37(32)40-34)30-7-3-6-27(23-30)24-12-14-25(15-13-24)28-17-19-33-29(22-28)9-5-20-38-33;1-2-7-31-28(6-1)34(29-18-17-27-5-3-22-38-35(27)36(29)40-31)26-15-11-24(12-16-26)23-9-13-25(14-10-23)30-19-20-32-33(39-30)8-4-21-37-32/h1-26H;1-23H;1-22H. The molecule has 0 aliphatic heterocycles. The minimum atomic E-state index is 0.895. The van der Waals surface area contributed by atoms with Crippen LogP contribution in [0.3, 0.4) is 0 Å². The van der Waals surface area contributed by atoms with Crippen molar-refractivity contribution in [1.29, 1.82) is 0 Å². The number of aromatic nitrogens is 11. The molecule has 0 saturated heterocycles. The number of nitrogens with zero attached hydrogens (tertiary/aromatic N) is 11. The van der Waals surface area contributed by atoms with Crippen LogP contribution < -0.4 is 0 Å². The molecular weight excluding hydrogens is 1560 g/mol. The minimum absolute atomic E-state index is 0.895. The molecule has 0 spiro atoms. The Hall–Kier alpha value is -17.4. The van der Waals surface area contributed by atoms with E-state index in [1.54, 1.807) is 12.4 Å². The van der Waals surface area contributed by atoms with Gasteiger partial charge in [-0.1, -0.05) is 285 Å². The topological polar surface area (TPSA) is 142 Å². The molecule has 0 bridgehead atoms. The van der Waals surface area contributed by atoms with Gasteiger partial charge in [0.2, 0.25) is 0 Å². The molecule has 0 aliphatic rings. The SMILES string of the molecule is c1cc(-c2ccc(-c3ccc4ncccc4c3)cc2)cc(-c2c3ccccc3nc3c2ccc2cccnc23)c1.c1cnc2c(c1)ccc1c(-c3c4ccccc4c(-c4ccc(-c5ccc6ncccc6n5)cc4)c4ccccc34)c3ccccc3nc12.c1cnc2c(c1)ccc1c(-c3ccc(-c4ccc(-c5ccc6ncccc6n5)cc4)cc3)c3ccccc3nc12. The van der Waals surface area contributed by atoms with Gasteiger partial charge < -0.3 is 0 Å². The summed E-state index contributed by atoms with van der Waals surface area (Å²) in [5.41, 5.74) is 33.7. The summed E-state index contributed by atoms with van der Waals surface area (Å²) in [5.74, 6) is 0. The number of para-hydroxylation sites is 3. The van der Waals surface area contributed by atoms with Crippen LogP contribution in [0.5, 0.6) is 0 Å². The van der Waals surface area contributed by atoms with E-state index < -0.39 is 0 Å². The van der Waals surface area contributed by atoms with Gasteiger partial charge >= 0.3 is 0 Å². The van der Waals surface area contributed by atoms with Crippen LogP contribution in [0, 0.1) is 0 Å². The second kappa shape index (κ2) is 31.5. The van der Waals surface area contributed by atoms with Crippen LogP contribution in [0.2, 0.25) is 0 Å². The molecule has 11 nitrogen and oxygen atoms in total. The molecule has 15 aromatic carbocycles. The Labute approximate surface area is 734 Å². The maximum Gasteiger partial charge on any atom is 0.0978 e. The monoisotopic (exact) mass is 1630 g/mol. The van der Waals surface area contributed by atoms with Crippen LogP contribution in [-0.2, 0) is 0 Å². The lowest BCUT2D eigenvalue weighted by atomic mass is 9.83. The maximum absolute atomic E-state index is 5.20. The van der Waals surface area contributed by atoms with E-state index in [0.717, 1.165) is 165 Å². The lowest BCUT2D eigenvalue weighted by molar-refractivity contribution is 1.33. The predicted molar refractivity (Wildman–Crippen MR) is 529 cm³/mol. The van der Waals surface area contributed by atoms with E-state index in [1.807, 2.05) is 110 Å². The van der Waals surface area contributed by atoms with Gasteiger partial charge in [0, 0.05) is 119 Å². The molecule has 0 amide bonds. The third-order valence-corrected chi connectivity index (χ3v) is 24.8. The summed E-state index contributed by atoms with van der Waals surface area (Å²) in [4.78, 5) is 52.4. The molecule has 0 unspecified atom stereocenters. The van der Waals surface area contributed by atoms with Crippen molar-refractivity contribution in [1.82, 2.24) is 54.8 Å². The van der Waals surface area contributed by atoms with E-state index in [4.69, 9.17) is 34.9 Å². The van der Waals surface area contributed by atoms with Gasteiger partial charge in [-0.25, -0.2) is 24.9 Å². The van der Waals surface area contributed by atoms with Crippen molar-refractivity contribution >= 4 is 153 Å². The summed E-state index contributed by atoms with van der Waals surface area (Å²) in [6.07, 6.45) is 11.0. The number of rotatable bonds is 9. The molecule has 0 atom stereocenters. The summed E-state index contributed by atoms with van der Waals surface area (Å²) >= 11 is 0. The summed E-state index contributed by atoms with van der Waals surface area (Å²) < 4.78 is 0. The van der Waals surface area contributed by atoms with E-state index in [1.165, 1.54) is 88.3 Å². The zero-order valence-corrected chi connectivity index (χ0v) is 68.9. The number of pyridine rings is 11. The summed E-state index contributed by atoms with van der Waals surface area (Å²) in [7, 11) is 0. The van der Waals surface area contributed by atoms with Gasteiger partial charge in [-0.05, 0) is 192 Å². The zero-order valence-electron chi connectivity index (χ0n) is 68.9. The molecule has 11 heterocycles. The van der Waals surface area contributed by atoms with Gasteiger partial charge in [0.1, 0.15) is 0 Å². The highest BCUT2D eigenvalue weighted by Crippen LogP contribution is 2.49. The summed E-state index contributed by atoms with van der Waals surface area (Å²) in [5, 5.41) is 16.0. The molecule has 0 fully saturated rings. The van der Waals surface area contributed by atoms with Crippen molar-refractivity contribution in [2.24, 2.45) is 0 Å². The van der Waals surface area contributed by atoms with Crippen LogP contribution in [0.1, 0.15) is 0 Å². The largest absolute Gasteiger partial charge is 0.256 e. The van der Waals surface area contributed by atoms with Crippen molar-refractivity contribution in [2.75, 3.05) is 0 Å². The highest BCUT2D eigenvalue weighted by Gasteiger charge is 2.24. The number of fused-ring (bicyclic) bond motifs is 17. The van der Waals surface area contributed by atoms with Gasteiger partial charge in [-0.15, -0.1) is 0 Å². The number of hydrogen-bond donors (Lipinski definition) is 0. The van der Waals surface area contributed by atoms with Crippen LogP contribution in [0.15, 0.2) is 431 Å². The fourth-order valence-corrected chi connectivity index (χ4v) is 18.7. The van der Waals surface area contributed by atoms with Gasteiger partial charge in [-0.2, -0.15) is 0 Å². The first-order valence-corrected chi connectivity index (χ1v) is 42.9. The Bertz CT molecular complexity index is 8900. The van der Waals surface area contributed by atoms with Crippen molar-refractivity contribution < 1.29 is 0 Å². The van der Waals surface area contributed by atoms with E-state index in [9.17, 15) is 0 Å². The first-order valence-electron chi connectivity index (χ1n) is 42.9. The summed E-state index contributed by atoms with van der Waals surface area (Å²) in [6.45, 7) is 0. The first-order chi connectivity index (χ1) is 63.4. The molecule has 0 N–H and O–H groups in total. The highest BCUT2D eigenvalue weighted by atomic mass is 14.8. The van der Waals surface area contributed by atoms with E-state index in [2.05, 4.69) is 329 Å². The average Bonchev–Trinajstić information content (AvgIpc) is 0.698. The normalized spacial score (nSPS) is 11.6. The van der Waals surface area contributed by atoms with Crippen LogP contribution in [-0.4, -0.2) is 54.8 Å². The molecule has 11 heteroatoms. The number of benzene rings is 15. The second-order valence-corrected chi connectivity index (χ2v) is 32.2. The molecule has 0 radical (unpaired) electrons. The lowest BCUT2D eigenvalue weighted by Crippen LogP contribution is -1.95. The Morgan fingerprint density at radius 2 is 0.422 bits per heavy atom. The molecule has 594 valence electrons. The lowest BCUT2D eigenvalue weighted by Gasteiger charge is -2.20. The van der Waals surface area contributed by atoms with Gasteiger partial charge in [0.05, 0.1) is 88.6 Å². The zero-order chi connectivity index (χ0) is 84.5. The third kappa shape index (κ3) is 13.3. The Kier molecular flexibility index (Phi) is 18.3. The van der Waals surface area contributed by atoms with Crippen molar-refractivity contribution in [2.45, 2.75) is 0 Å². The predicted octanol–water partition coefficient (Wildman–Crippen LogP) is 29.6. The molecule has 0 saturated carbocycles. The Morgan fingerprint density at radius 1 is 0.125 bits per heavy atom. The quantitative estimate of drug-likeness (QED) is 0.101. The van der Waals surface area contributed by atoms with Gasteiger partial charge in [-0.3, -0.25) is 29.9 Å².